The van der Waals surface area contributed by atoms with Crippen molar-refractivity contribution in [2.24, 2.45) is 0 Å². The number of carbonyl (C=O) groups is 1. The molecular formula is C21H33N3O3S. The molecule has 6 nitrogen and oxygen atoms in total. The van der Waals surface area contributed by atoms with Gasteiger partial charge >= 0.3 is 0 Å². The van der Waals surface area contributed by atoms with Crippen molar-refractivity contribution in [1.29, 1.82) is 0 Å². The summed E-state index contributed by atoms with van der Waals surface area (Å²) in [6.07, 6.45) is 6.13. The van der Waals surface area contributed by atoms with Crippen LogP contribution in [-0.4, -0.2) is 74.2 Å². The van der Waals surface area contributed by atoms with Crippen molar-refractivity contribution in [3.05, 3.63) is 29.3 Å². The topological polar surface area (TPSA) is 60.9 Å². The van der Waals surface area contributed by atoms with Gasteiger partial charge in [-0.3, -0.25) is 9.69 Å². The fraction of sp³-hybridized carbons (Fsp3) is 0.667. The van der Waals surface area contributed by atoms with Crippen LogP contribution in [0, 0.1) is 13.8 Å². The Kier molecular flexibility index (Phi) is 7.12. The van der Waals surface area contributed by atoms with Crippen molar-refractivity contribution in [2.45, 2.75) is 50.8 Å². The second-order valence-corrected chi connectivity index (χ2v) is 10.0. The number of amides is 1. The van der Waals surface area contributed by atoms with Crippen LogP contribution in [0.4, 0.5) is 0 Å². The number of hydrogen-bond donors (Lipinski definition) is 0. The summed E-state index contributed by atoms with van der Waals surface area (Å²) >= 11 is 0. The van der Waals surface area contributed by atoms with Gasteiger partial charge in [0.15, 0.2) is 0 Å². The Morgan fingerprint density at radius 1 is 0.857 bits per heavy atom. The first kappa shape index (κ1) is 21.3. The molecule has 2 aliphatic heterocycles. The third-order valence-electron chi connectivity index (χ3n) is 6.02. The van der Waals surface area contributed by atoms with Crippen molar-refractivity contribution >= 4 is 15.9 Å². The largest absolute Gasteiger partial charge is 0.339 e. The third-order valence-corrected chi connectivity index (χ3v) is 7.91. The summed E-state index contributed by atoms with van der Waals surface area (Å²) in [4.78, 5) is 17.1. The molecule has 0 aliphatic carbocycles. The van der Waals surface area contributed by atoms with E-state index >= 15 is 0 Å². The van der Waals surface area contributed by atoms with Crippen LogP contribution in [0.5, 0.6) is 0 Å². The molecule has 0 bridgehead atoms. The first-order valence-corrected chi connectivity index (χ1v) is 11.9. The van der Waals surface area contributed by atoms with Crippen LogP contribution in [0.15, 0.2) is 23.1 Å². The minimum Gasteiger partial charge on any atom is -0.339 e. The zero-order valence-electron chi connectivity index (χ0n) is 17.2. The van der Waals surface area contributed by atoms with E-state index in [1.54, 1.807) is 12.1 Å². The lowest BCUT2D eigenvalue weighted by atomic mass is 10.1. The fourth-order valence-electron chi connectivity index (χ4n) is 3.96. The predicted molar refractivity (Wildman–Crippen MR) is 111 cm³/mol. The van der Waals surface area contributed by atoms with Crippen LogP contribution in [-0.2, 0) is 14.8 Å². The zero-order chi connectivity index (χ0) is 20.1. The second kappa shape index (κ2) is 9.37. The first-order chi connectivity index (χ1) is 13.4. The molecule has 2 aliphatic rings. The second-order valence-electron chi connectivity index (χ2n) is 8.07. The first-order valence-electron chi connectivity index (χ1n) is 10.5. The number of rotatable bonds is 4. The smallest absolute Gasteiger partial charge is 0.243 e. The molecule has 0 aromatic heterocycles. The van der Waals surface area contributed by atoms with E-state index < -0.39 is 10.0 Å². The van der Waals surface area contributed by atoms with E-state index in [9.17, 15) is 13.2 Å². The average Bonchev–Trinajstić information content (AvgIpc) is 2.66. The van der Waals surface area contributed by atoms with Crippen LogP contribution in [0.25, 0.3) is 0 Å². The summed E-state index contributed by atoms with van der Waals surface area (Å²) in [7, 11) is -3.50. The highest BCUT2D eigenvalue weighted by atomic mass is 32.2. The standard InChI is InChI=1S/C21H33N3O3S/c1-18-8-9-20(16-19(18)2)28(26,27)24-14-12-23(13-15-24)21(25)17-22-10-6-4-3-5-7-11-22/h8-9,16H,3-7,10-15,17H2,1-2H3. The normalized spacial score (nSPS) is 20.6. The minimum atomic E-state index is -3.50. The molecule has 156 valence electrons. The lowest BCUT2D eigenvalue weighted by Crippen LogP contribution is -2.52. The molecule has 1 amide bonds. The van der Waals surface area contributed by atoms with Crippen LogP contribution in [0.1, 0.15) is 43.2 Å². The molecule has 2 heterocycles. The van der Waals surface area contributed by atoms with Crippen LogP contribution in [0.2, 0.25) is 0 Å². The SMILES string of the molecule is Cc1ccc(S(=O)(=O)N2CCN(C(=O)CN3CCCCCCC3)CC2)cc1C. The molecule has 2 saturated heterocycles. The molecule has 0 saturated carbocycles. The molecule has 0 radical (unpaired) electrons. The predicted octanol–water partition coefficient (Wildman–Crippen LogP) is 2.40. The van der Waals surface area contributed by atoms with E-state index in [4.69, 9.17) is 0 Å². The van der Waals surface area contributed by atoms with E-state index in [0.29, 0.717) is 37.6 Å². The lowest BCUT2D eigenvalue weighted by molar-refractivity contribution is -0.133. The number of piperazine rings is 1. The number of aryl methyl sites for hydroxylation is 2. The Labute approximate surface area is 169 Å². The zero-order valence-corrected chi connectivity index (χ0v) is 18.0. The number of sulfonamides is 1. The van der Waals surface area contributed by atoms with Crippen molar-refractivity contribution in [3.8, 4) is 0 Å². The van der Waals surface area contributed by atoms with Gasteiger partial charge in [0.05, 0.1) is 11.4 Å². The van der Waals surface area contributed by atoms with E-state index in [1.807, 2.05) is 24.8 Å². The number of nitrogens with zero attached hydrogens (tertiary/aromatic N) is 3. The van der Waals surface area contributed by atoms with E-state index in [2.05, 4.69) is 4.90 Å². The molecule has 0 spiro atoms. The van der Waals surface area contributed by atoms with Crippen LogP contribution < -0.4 is 0 Å². The maximum atomic E-state index is 12.9. The van der Waals surface area contributed by atoms with Gasteiger partial charge in [0, 0.05) is 26.2 Å². The van der Waals surface area contributed by atoms with Gasteiger partial charge in [-0.25, -0.2) is 8.42 Å². The number of hydrogen-bond acceptors (Lipinski definition) is 4. The summed E-state index contributed by atoms with van der Waals surface area (Å²) in [5, 5.41) is 0. The summed E-state index contributed by atoms with van der Waals surface area (Å²) in [6.45, 7) is 8.01. The molecule has 1 aromatic rings. The summed E-state index contributed by atoms with van der Waals surface area (Å²) < 4.78 is 27.4. The van der Waals surface area contributed by atoms with Crippen molar-refractivity contribution in [1.82, 2.24) is 14.1 Å². The maximum Gasteiger partial charge on any atom is 0.243 e. The van der Waals surface area contributed by atoms with Crippen LogP contribution in [0.3, 0.4) is 0 Å². The fourth-order valence-corrected chi connectivity index (χ4v) is 5.47. The molecule has 28 heavy (non-hydrogen) atoms. The molecule has 1 aromatic carbocycles. The third kappa shape index (κ3) is 5.13. The molecule has 2 fully saturated rings. The number of benzene rings is 1. The van der Waals surface area contributed by atoms with Gasteiger partial charge in [-0.05, 0) is 63.0 Å². The van der Waals surface area contributed by atoms with Gasteiger partial charge in [0.25, 0.3) is 0 Å². The van der Waals surface area contributed by atoms with E-state index in [-0.39, 0.29) is 5.91 Å². The van der Waals surface area contributed by atoms with Crippen molar-refractivity contribution in [2.75, 3.05) is 45.8 Å². The van der Waals surface area contributed by atoms with E-state index in [0.717, 1.165) is 37.1 Å². The Hall–Kier alpha value is -1.44. The van der Waals surface area contributed by atoms with Gasteiger partial charge < -0.3 is 4.90 Å². The van der Waals surface area contributed by atoms with Crippen LogP contribution >= 0.6 is 0 Å². The van der Waals surface area contributed by atoms with Gasteiger partial charge in [-0.15, -0.1) is 0 Å². The van der Waals surface area contributed by atoms with Gasteiger partial charge in [-0.2, -0.15) is 4.31 Å². The Morgan fingerprint density at radius 2 is 1.46 bits per heavy atom. The highest BCUT2D eigenvalue weighted by molar-refractivity contribution is 7.89. The molecular weight excluding hydrogens is 374 g/mol. The Morgan fingerprint density at radius 3 is 2.07 bits per heavy atom. The molecule has 0 unspecified atom stereocenters. The lowest BCUT2D eigenvalue weighted by Gasteiger charge is -2.35. The molecule has 0 N–H and O–H groups in total. The minimum absolute atomic E-state index is 0.129. The van der Waals surface area contributed by atoms with Crippen molar-refractivity contribution in [3.63, 3.8) is 0 Å². The Balaban J connectivity index is 1.55. The maximum absolute atomic E-state index is 12.9. The molecule has 0 atom stereocenters. The summed E-state index contributed by atoms with van der Waals surface area (Å²) in [6, 6.07) is 5.27. The van der Waals surface area contributed by atoms with E-state index in [1.165, 1.54) is 23.6 Å². The van der Waals surface area contributed by atoms with Gasteiger partial charge in [0.1, 0.15) is 0 Å². The van der Waals surface area contributed by atoms with Gasteiger partial charge in [0.2, 0.25) is 15.9 Å². The monoisotopic (exact) mass is 407 g/mol. The number of likely N-dealkylation sites (tertiary alicyclic amines) is 1. The molecule has 3 rings (SSSR count). The summed E-state index contributed by atoms with van der Waals surface area (Å²) in [5.74, 6) is 0.129. The average molecular weight is 408 g/mol. The quantitative estimate of drug-likeness (QED) is 0.769. The Bertz CT molecular complexity index is 778. The highest BCUT2D eigenvalue weighted by Crippen LogP contribution is 2.20. The number of carbonyl (C=O) groups excluding carboxylic acids is 1. The molecule has 7 heteroatoms. The summed E-state index contributed by atoms with van der Waals surface area (Å²) in [5.41, 5.74) is 2.06. The highest BCUT2D eigenvalue weighted by Gasteiger charge is 2.30. The van der Waals surface area contributed by atoms with Gasteiger partial charge in [-0.1, -0.05) is 25.3 Å². The van der Waals surface area contributed by atoms with Crippen molar-refractivity contribution < 1.29 is 13.2 Å².